The van der Waals surface area contributed by atoms with E-state index in [1.807, 2.05) is 19.6 Å². The van der Waals surface area contributed by atoms with Gasteiger partial charge in [-0.1, -0.05) is 25.6 Å². The second-order valence-electron chi connectivity index (χ2n) is 4.82. The van der Waals surface area contributed by atoms with E-state index in [9.17, 15) is 20.1 Å². The molecule has 0 fully saturated rings. The smallest absolute Gasteiger partial charge is 0.337 e. The standard InChI is InChI=1S/C12H14O5Si/c1-18(2,3)5-4-7-8(12(16)17)6-9(13)11(15)10(7)14/h6,13-15H,1-3H3,(H,16,17). The molecule has 0 bridgehead atoms. The van der Waals surface area contributed by atoms with Crippen LogP contribution in [0.25, 0.3) is 0 Å². The molecule has 1 aromatic rings. The van der Waals surface area contributed by atoms with Crippen LogP contribution in [-0.4, -0.2) is 34.5 Å². The van der Waals surface area contributed by atoms with E-state index in [4.69, 9.17) is 5.11 Å². The number of hydrogen-bond donors (Lipinski definition) is 4. The van der Waals surface area contributed by atoms with E-state index in [0.29, 0.717) is 0 Å². The summed E-state index contributed by atoms with van der Waals surface area (Å²) in [6.45, 7) is 5.87. The summed E-state index contributed by atoms with van der Waals surface area (Å²) in [5, 5.41) is 37.3. The van der Waals surface area contributed by atoms with Crippen LogP contribution in [-0.2, 0) is 0 Å². The summed E-state index contributed by atoms with van der Waals surface area (Å²) >= 11 is 0. The third-order valence-corrected chi connectivity index (χ3v) is 2.92. The lowest BCUT2D eigenvalue weighted by molar-refractivity contribution is 0.0695. The second-order valence-corrected chi connectivity index (χ2v) is 9.57. The van der Waals surface area contributed by atoms with Gasteiger partial charge in [-0.2, -0.15) is 0 Å². The van der Waals surface area contributed by atoms with Crippen LogP contribution in [0, 0.1) is 11.5 Å². The highest BCUT2D eigenvalue weighted by Crippen LogP contribution is 2.39. The van der Waals surface area contributed by atoms with Gasteiger partial charge in [0.05, 0.1) is 11.1 Å². The first-order chi connectivity index (χ1) is 8.13. The second kappa shape index (κ2) is 4.62. The number of phenols is 3. The lowest BCUT2D eigenvalue weighted by atomic mass is 10.1. The summed E-state index contributed by atoms with van der Waals surface area (Å²) in [7, 11) is -1.76. The van der Waals surface area contributed by atoms with Crippen molar-refractivity contribution >= 4 is 14.0 Å². The van der Waals surface area contributed by atoms with E-state index in [2.05, 4.69) is 11.5 Å². The molecule has 4 N–H and O–H groups in total. The number of aromatic carboxylic acids is 1. The first kappa shape index (κ1) is 13.9. The van der Waals surface area contributed by atoms with Crippen LogP contribution in [0.1, 0.15) is 15.9 Å². The van der Waals surface area contributed by atoms with Gasteiger partial charge in [-0.15, -0.1) is 5.54 Å². The lowest BCUT2D eigenvalue weighted by Gasteiger charge is -2.08. The Morgan fingerprint density at radius 2 is 1.72 bits per heavy atom. The Kier molecular flexibility index (Phi) is 3.58. The largest absolute Gasteiger partial charge is 0.504 e. The molecular formula is C12H14O5Si. The number of rotatable bonds is 1. The van der Waals surface area contributed by atoms with Gasteiger partial charge in [-0.05, 0) is 6.07 Å². The van der Waals surface area contributed by atoms with Crippen molar-refractivity contribution in [1.82, 2.24) is 0 Å². The van der Waals surface area contributed by atoms with Gasteiger partial charge in [0.1, 0.15) is 8.07 Å². The number of phenolic OH excluding ortho intramolecular Hbond substituents is 3. The number of carboxylic acids is 1. The molecule has 0 radical (unpaired) electrons. The maximum absolute atomic E-state index is 11.0. The highest BCUT2D eigenvalue weighted by molar-refractivity contribution is 6.83. The molecule has 1 aromatic carbocycles. The summed E-state index contributed by atoms with van der Waals surface area (Å²) in [4.78, 5) is 11.0. The molecule has 0 heterocycles. The van der Waals surface area contributed by atoms with E-state index in [1.54, 1.807) is 0 Å². The third kappa shape index (κ3) is 2.96. The Bertz CT molecular complexity index is 561. The van der Waals surface area contributed by atoms with Crippen LogP contribution in [0.15, 0.2) is 6.07 Å². The molecule has 0 aliphatic carbocycles. The highest BCUT2D eigenvalue weighted by atomic mass is 28.3. The summed E-state index contributed by atoms with van der Waals surface area (Å²) in [5.41, 5.74) is 2.37. The van der Waals surface area contributed by atoms with Crippen molar-refractivity contribution in [1.29, 1.82) is 0 Å². The topological polar surface area (TPSA) is 98.0 Å². The average Bonchev–Trinajstić information content (AvgIpc) is 2.22. The van der Waals surface area contributed by atoms with Crippen LogP contribution in [0.5, 0.6) is 17.2 Å². The van der Waals surface area contributed by atoms with Crippen molar-refractivity contribution in [2.24, 2.45) is 0 Å². The summed E-state index contributed by atoms with van der Waals surface area (Å²) in [6, 6.07) is 0.867. The van der Waals surface area contributed by atoms with Crippen molar-refractivity contribution in [3.8, 4) is 28.7 Å². The average molecular weight is 266 g/mol. The summed E-state index contributed by atoms with van der Waals surface area (Å²) in [5.74, 6) is -0.918. The Morgan fingerprint density at radius 1 is 1.17 bits per heavy atom. The minimum Gasteiger partial charge on any atom is -0.504 e. The fourth-order valence-electron chi connectivity index (χ4n) is 1.19. The zero-order valence-electron chi connectivity index (χ0n) is 10.3. The predicted molar refractivity (Wildman–Crippen MR) is 68.6 cm³/mol. The zero-order valence-corrected chi connectivity index (χ0v) is 11.3. The van der Waals surface area contributed by atoms with Gasteiger partial charge in [0, 0.05) is 0 Å². The fraction of sp³-hybridized carbons (Fsp3) is 0.250. The quantitative estimate of drug-likeness (QED) is 0.352. The maximum atomic E-state index is 11.0. The van der Waals surface area contributed by atoms with E-state index < -0.39 is 31.3 Å². The molecule has 18 heavy (non-hydrogen) atoms. The number of carboxylic acid groups (broad SMARTS) is 1. The van der Waals surface area contributed by atoms with E-state index >= 15 is 0 Å². The molecule has 1 rings (SSSR count). The predicted octanol–water partition coefficient (Wildman–Crippen LogP) is 1.73. The van der Waals surface area contributed by atoms with Crippen molar-refractivity contribution < 1.29 is 25.2 Å². The van der Waals surface area contributed by atoms with Crippen LogP contribution in [0.4, 0.5) is 0 Å². The molecule has 5 nitrogen and oxygen atoms in total. The number of hydrogen-bond acceptors (Lipinski definition) is 4. The first-order valence-corrected chi connectivity index (χ1v) is 8.68. The number of aromatic hydroxyl groups is 3. The van der Waals surface area contributed by atoms with Gasteiger partial charge in [0.15, 0.2) is 11.5 Å². The van der Waals surface area contributed by atoms with E-state index in [1.165, 1.54) is 0 Å². The fourth-order valence-corrected chi connectivity index (χ4v) is 1.69. The number of carbonyl (C=O) groups is 1. The summed E-state index contributed by atoms with van der Waals surface area (Å²) in [6.07, 6.45) is 0. The van der Waals surface area contributed by atoms with Crippen molar-refractivity contribution in [2.45, 2.75) is 19.6 Å². The maximum Gasteiger partial charge on any atom is 0.337 e. The van der Waals surface area contributed by atoms with E-state index in [-0.39, 0.29) is 11.1 Å². The molecule has 6 heteroatoms. The molecular weight excluding hydrogens is 252 g/mol. The monoisotopic (exact) mass is 266 g/mol. The molecule has 96 valence electrons. The molecule has 0 spiro atoms. The molecule has 0 aliphatic rings. The SMILES string of the molecule is C[Si](C)(C)C#Cc1c(C(=O)O)cc(O)c(O)c1O. The van der Waals surface area contributed by atoms with Crippen LogP contribution in [0.3, 0.4) is 0 Å². The highest BCUT2D eigenvalue weighted by Gasteiger charge is 2.20. The minimum atomic E-state index is -1.76. The van der Waals surface area contributed by atoms with Gasteiger partial charge in [-0.3, -0.25) is 0 Å². The molecule has 0 saturated carbocycles. The Balaban J connectivity index is 3.54. The molecule has 0 atom stereocenters. The summed E-state index contributed by atoms with van der Waals surface area (Å²) < 4.78 is 0. The Labute approximate surface area is 105 Å². The van der Waals surface area contributed by atoms with Gasteiger partial charge >= 0.3 is 5.97 Å². The molecule has 0 aliphatic heterocycles. The Hall–Kier alpha value is -2.13. The van der Waals surface area contributed by atoms with Crippen LogP contribution >= 0.6 is 0 Å². The molecule has 0 unspecified atom stereocenters. The van der Waals surface area contributed by atoms with E-state index in [0.717, 1.165) is 6.07 Å². The van der Waals surface area contributed by atoms with Gasteiger partial charge in [0.25, 0.3) is 0 Å². The van der Waals surface area contributed by atoms with Gasteiger partial charge < -0.3 is 20.4 Å². The van der Waals surface area contributed by atoms with Crippen LogP contribution < -0.4 is 0 Å². The number of benzene rings is 1. The third-order valence-electron chi connectivity index (χ3n) is 2.05. The van der Waals surface area contributed by atoms with Crippen LogP contribution in [0.2, 0.25) is 19.6 Å². The molecule has 0 amide bonds. The van der Waals surface area contributed by atoms with Crippen molar-refractivity contribution in [3.63, 3.8) is 0 Å². The molecule has 0 saturated heterocycles. The Morgan fingerprint density at radius 3 is 2.17 bits per heavy atom. The van der Waals surface area contributed by atoms with Crippen molar-refractivity contribution in [2.75, 3.05) is 0 Å². The van der Waals surface area contributed by atoms with Crippen molar-refractivity contribution in [3.05, 3.63) is 17.2 Å². The lowest BCUT2D eigenvalue weighted by Crippen LogP contribution is -2.16. The molecule has 0 aromatic heterocycles. The van der Waals surface area contributed by atoms with Gasteiger partial charge in [0.2, 0.25) is 5.75 Å². The zero-order chi connectivity index (χ0) is 14.1. The normalized spacial score (nSPS) is 10.6. The minimum absolute atomic E-state index is 0.180. The van der Waals surface area contributed by atoms with Gasteiger partial charge in [-0.25, -0.2) is 4.79 Å². The first-order valence-electron chi connectivity index (χ1n) is 5.18.